The lowest BCUT2D eigenvalue weighted by Crippen LogP contribution is -2.13. The van der Waals surface area contributed by atoms with E-state index in [9.17, 15) is 9.59 Å². The lowest BCUT2D eigenvalue weighted by Gasteiger charge is -2.06. The van der Waals surface area contributed by atoms with Gasteiger partial charge in [0.15, 0.2) is 0 Å². The van der Waals surface area contributed by atoms with Crippen LogP contribution in [0.3, 0.4) is 0 Å². The van der Waals surface area contributed by atoms with Gasteiger partial charge in [-0.25, -0.2) is 0 Å². The van der Waals surface area contributed by atoms with Crippen LogP contribution >= 0.6 is 23.4 Å². The van der Waals surface area contributed by atoms with Crippen LogP contribution in [0.25, 0.3) is 0 Å². The van der Waals surface area contributed by atoms with E-state index in [0.717, 1.165) is 4.90 Å². The summed E-state index contributed by atoms with van der Waals surface area (Å²) in [5.74, 6) is -0.359. The molecule has 2 amide bonds. The first-order valence-corrected chi connectivity index (χ1v) is 7.49. The van der Waals surface area contributed by atoms with Crippen molar-refractivity contribution in [3.63, 3.8) is 0 Å². The van der Waals surface area contributed by atoms with Gasteiger partial charge in [0.05, 0.1) is 5.75 Å². The van der Waals surface area contributed by atoms with E-state index in [4.69, 9.17) is 17.3 Å². The summed E-state index contributed by atoms with van der Waals surface area (Å²) in [5, 5.41) is 3.29. The quantitative estimate of drug-likeness (QED) is 0.831. The molecule has 0 spiro atoms. The summed E-state index contributed by atoms with van der Waals surface area (Å²) in [7, 11) is 0. The van der Waals surface area contributed by atoms with E-state index in [1.807, 2.05) is 12.1 Å². The van der Waals surface area contributed by atoms with Gasteiger partial charge in [-0.2, -0.15) is 0 Å². The molecule has 0 aliphatic heterocycles. The zero-order chi connectivity index (χ0) is 15.2. The Labute approximate surface area is 131 Å². The minimum absolute atomic E-state index is 0.227. The van der Waals surface area contributed by atoms with Gasteiger partial charge in [0.2, 0.25) is 5.91 Å². The largest absolute Gasteiger partial charge is 0.369 e. The van der Waals surface area contributed by atoms with Crippen LogP contribution in [0.5, 0.6) is 0 Å². The Morgan fingerprint density at radius 3 is 2.48 bits per heavy atom. The van der Waals surface area contributed by atoms with Crippen molar-refractivity contribution in [2.75, 3.05) is 11.1 Å². The maximum Gasteiger partial charge on any atom is 0.255 e. The summed E-state index contributed by atoms with van der Waals surface area (Å²) in [6.07, 6.45) is 0. The summed E-state index contributed by atoms with van der Waals surface area (Å²) in [4.78, 5) is 23.6. The van der Waals surface area contributed by atoms with Crippen LogP contribution in [0, 0.1) is 0 Å². The second-order valence-corrected chi connectivity index (χ2v) is 5.73. The fourth-order valence-electron chi connectivity index (χ4n) is 1.62. The molecule has 0 aromatic heterocycles. The molecule has 0 bridgehead atoms. The number of nitrogens with two attached hydrogens (primary N) is 1. The first kappa shape index (κ1) is 15.4. The number of carbonyl (C=O) groups excluding carboxylic acids is 2. The van der Waals surface area contributed by atoms with Crippen molar-refractivity contribution in [1.82, 2.24) is 0 Å². The van der Waals surface area contributed by atoms with Gasteiger partial charge < -0.3 is 11.1 Å². The van der Waals surface area contributed by atoms with Gasteiger partial charge in [-0.05, 0) is 42.5 Å². The van der Waals surface area contributed by atoms with Crippen molar-refractivity contribution in [3.05, 3.63) is 59.1 Å². The Morgan fingerprint density at radius 2 is 1.86 bits per heavy atom. The molecule has 2 rings (SSSR count). The van der Waals surface area contributed by atoms with Gasteiger partial charge in [-0.15, -0.1) is 11.8 Å². The minimum atomic E-state index is -0.363. The molecule has 0 aliphatic carbocycles. The topological polar surface area (TPSA) is 72.2 Å². The van der Waals surface area contributed by atoms with E-state index < -0.39 is 0 Å². The first-order chi connectivity index (χ1) is 10.0. The summed E-state index contributed by atoms with van der Waals surface area (Å²) < 4.78 is 0. The highest BCUT2D eigenvalue weighted by Crippen LogP contribution is 2.20. The molecule has 3 N–H and O–H groups in total. The Morgan fingerprint density at radius 1 is 1.14 bits per heavy atom. The van der Waals surface area contributed by atoms with E-state index >= 15 is 0 Å². The average Bonchev–Trinajstić information content (AvgIpc) is 2.46. The fourth-order valence-corrected chi connectivity index (χ4v) is 2.45. The molecular formula is C15H13ClN2O2S. The maximum atomic E-state index is 12.0. The number of anilines is 1. The number of amides is 2. The maximum absolute atomic E-state index is 12.0. The molecule has 21 heavy (non-hydrogen) atoms. The molecule has 108 valence electrons. The van der Waals surface area contributed by atoms with E-state index in [1.165, 1.54) is 11.8 Å². The van der Waals surface area contributed by atoms with E-state index in [0.29, 0.717) is 16.3 Å². The molecule has 0 fully saturated rings. The molecule has 0 saturated heterocycles. The van der Waals surface area contributed by atoms with E-state index in [2.05, 4.69) is 5.32 Å². The van der Waals surface area contributed by atoms with Gasteiger partial charge in [0.25, 0.3) is 5.91 Å². The highest BCUT2D eigenvalue weighted by molar-refractivity contribution is 8.00. The first-order valence-electron chi connectivity index (χ1n) is 6.12. The van der Waals surface area contributed by atoms with Crippen molar-refractivity contribution in [2.24, 2.45) is 5.73 Å². The van der Waals surface area contributed by atoms with E-state index in [1.54, 1.807) is 36.4 Å². The van der Waals surface area contributed by atoms with E-state index in [-0.39, 0.29) is 17.6 Å². The fraction of sp³-hybridized carbons (Fsp3) is 0.0667. The Kier molecular flexibility index (Phi) is 5.25. The van der Waals surface area contributed by atoms with Crippen LogP contribution in [-0.2, 0) is 4.79 Å². The number of rotatable bonds is 5. The van der Waals surface area contributed by atoms with Crippen LogP contribution < -0.4 is 11.1 Å². The van der Waals surface area contributed by atoms with Crippen LogP contribution in [0.2, 0.25) is 5.02 Å². The zero-order valence-corrected chi connectivity index (χ0v) is 12.6. The lowest BCUT2D eigenvalue weighted by atomic mass is 10.2. The second kappa shape index (κ2) is 7.15. The zero-order valence-electron chi connectivity index (χ0n) is 11.0. The van der Waals surface area contributed by atoms with Crippen molar-refractivity contribution < 1.29 is 9.59 Å². The van der Waals surface area contributed by atoms with Gasteiger partial charge in [0, 0.05) is 21.2 Å². The molecule has 2 aromatic rings. The molecular weight excluding hydrogens is 308 g/mol. The number of hydrogen-bond acceptors (Lipinski definition) is 3. The molecule has 0 saturated carbocycles. The van der Waals surface area contributed by atoms with Crippen LogP contribution in [-0.4, -0.2) is 17.6 Å². The number of carbonyl (C=O) groups is 2. The number of benzene rings is 2. The number of primary amides is 1. The second-order valence-electron chi connectivity index (χ2n) is 4.24. The third kappa shape index (κ3) is 4.81. The smallest absolute Gasteiger partial charge is 0.255 e. The van der Waals surface area contributed by atoms with Gasteiger partial charge in [-0.3, -0.25) is 9.59 Å². The van der Waals surface area contributed by atoms with Gasteiger partial charge in [0.1, 0.15) is 0 Å². The third-order valence-electron chi connectivity index (χ3n) is 2.58. The van der Waals surface area contributed by atoms with Crippen LogP contribution in [0.1, 0.15) is 10.4 Å². The lowest BCUT2D eigenvalue weighted by molar-refractivity contribution is -0.115. The van der Waals surface area contributed by atoms with Gasteiger partial charge >= 0.3 is 0 Å². The summed E-state index contributed by atoms with van der Waals surface area (Å²) in [6.45, 7) is 0. The molecule has 6 heteroatoms. The van der Waals surface area contributed by atoms with Crippen LogP contribution in [0.15, 0.2) is 53.4 Å². The van der Waals surface area contributed by atoms with Crippen molar-refractivity contribution in [1.29, 1.82) is 0 Å². The van der Waals surface area contributed by atoms with Crippen molar-refractivity contribution in [2.45, 2.75) is 4.90 Å². The average molecular weight is 321 g/mol. The van der Waals surface area contributed by atoms with Crippen molar-refractivity contribution >= 4 is 40.9 Å². The third-order valence-corrected chi connectivity index (χ3v) is 3.85. The Bertz CT molecular complexity index is 659. The number of thioether (sulfide) groups is 1. The predicted octanol–water partition coefficient (Wildman–Crippen LogP) is 3.17. The normalized spacial score (nSPS) is 10.1. The summed E-state index contributed by atoms with van der Waals surface area (Å²) in [6, 6.07) is 13.9. The van der Waals surface area contributed by atoms with Crippen molar-refractivity contribution in [3.8, 4) is 0 Å². The molecule has 0 radical (unpaired) electrons. The molecule has 0 unspecified atom stereocenters. The molecule has 2 aromatic carbocycles. The highest BCUT2D eigenvalue weighted by atomic mass is 35.5. The highest BCUT2D eigenvalue weighted by Gasteiger charge is 2.06. The SMILES string of the molecule is NC(=O)CSc1ccc(NC(=O)c2cccc(Cl)c2)cc1. The minimum Gasteiger partial charge on any atom is -0.369 e. The molecule has 0 atom stereocenters. The number of hydrogen-bond donors (Lipinski definition) is 2. The standard InChI is InChI=1S/C15H13ClN2O2S/c16-11-3-1-2-10(8-11)15(20)18-12-4-6-13(7-5-12)21-9-14(17)19/h1-8H,9H2,(H2,17,19)(H,18,20). The van der Waals surface area contributed by atoms with Gasteiger partial charge in [-0.1, -0.05) is 17.7 Å². The summed E-state index contributed by atoms with van der Waals surface area (Å²) >= 11 is 7.20. The Balaban J connectivity index is 2.00. The Hall–Kier alpha value is -1.98. The molecule has 4 nitrogen and oxygen atoms in total. The number of nitrogens with one attached hydrogen (secondary N) is 1. The monoisotopic (exact) mass is 320 g/mol. The molecule has 0 heterocycles. The molecule has 0 aliphatic rings. The summed E-state index contributed by atoms with van der Waals surface area (Å²) in [5.41, 5.74) is 6.25. The number of halogens is 1. The predicted molar refractivity (Wildman–Crippen MR) is 85.8 cm³/mol. The van der Waals surface area contributed by atoms with Crippen LogP contribution in [0.4, 0.5) is 5.69 Å².